The Bertz CT molecular complexity index is 679. The molecule has 0 amide bonds. The predicted molar refractivity (Wildman–Crippen MR) is 69.8 cm³/mol. The van der Waals surface area contributed by atoms with Crippen LogP contribution in [0.2, 0.25) is 5.02 Å². The zero-order valence-corrected chi connectivity index (χ0v) is 10.9. The lowest BCUT2D eigenvalue weighted by Crippen LogP contribution is -2.05. The monoisotopic (exact) mass is 278 g/mol. The van der Waals surface area contributed by atoms with E-state index in [2.05, 4.69) is 5.10 Å². The third-order valence-electron chi connectivity index (χ3n) is 3.17. The van der Waals surface area contributed by atoms with Gasteiger partial charge in [-0.05, 0) is 12.1 Å². The smallest absolute Gasteiger partial charge is 0.356 e. The fourth-order valence-electron chi connectivity index (χ4n) is 2.41. The summed E-state index contributed by atoms with van der Waals surface area (Å²) in [6.45, 7) is 0.385. The van der Waals surface area contributed by atoms with Crippen molar-refractivity contribution in [2.24, 2.45) is 7.05 Å². The van der Waals surface area contributed by atoms with E-state index in [0.29, 0.717) is 29.4 Å². The largest absolute Gasteiger partial charge is 0.491 e. The zero-order chi connectivity index (χ0) is 13.6. The van der Waals surface area contributed by atoms with Crippen LogP contribution < -0.4 is 4.74 Å². The van der Waals surface area contributed by atoms with Gasteiger partial charge in [0.2, 0.25) is 0 Å². The molecule has 1 aliphatic rings. The Morgan fingerprint density at radius 2 is 2.32 bits per heavy atom. The fourth-order valence-corrected chi connectivity index (χ4v) is 2.64. The van der Waals surface area contributed by atoms with Gasteiger partial charge in [0, 0.05) is 24.6 Å². The van der Waals surface area contributed by atoms with E-state index >= 15 is 0 Å². The summed E-state index contributed by atoms with van der Waals surface area (Å²) >= 11 is 6.13. The van der Waals surface area contributed by atoms with Crippen LogP contribution in [0.15, 0.2) is 18.2 Å². The molecule has 19 heavy (non-hydrogen) atoms. The number of carbonyl (C=O) groups is 1. The number of carboxylic acids is 1. The van der Waals surface area contributed by atoms with Crippen LogP contribution in [-0.2, 0) is 13.5 Å². The van der Waals surface area contributed by atoms with E-state index in [1.54, 1.807) is 17.8 Å². The lowest BCUT2D eigenvalue weighted by atomic mass is 10.0. The highest BCUT2D eigenvalue weighted by Crippen LogP contribution is 2.40. The number of hydrogen-bond donors (Lipinski definition) is 1. The molecule has 0 saturated carbocycles. The molecule has 1 aromatic carbocycles. The second-order valence-electron chi connectivity index (χ2n) is 4.32. The van der Waals surface area contributed by atoms with Crippen molar-refractivity contribution in [3.05, 3.63) is 34.5 Å². The SMILES string of the molecule is Cn1nc(C(=O)O)c2c1-c1cccc(Cl)c1OCC2. The number of carboxylic acid groups (broad SMARTS) is 1. The number of aryl methyl sites for hydroxylation is 1. The van der Waals surface area contributed by atoms with Crippen molar-refractivity contribution in [3.63, 3.8) is 0 Å². The minimum atomic E-state index is -1.03. The van der Waals surface area contributed by atoms with Crippen LogP contribution in [0.4, 0.5) is 0 Å². The van der Waals surface area contributed by atoms with Gasteiger partial charge in [0.15, 0.2) is 5.69 Å². The number of ether oxygens (including phenoxy) is 1. The number of para-hydroxylation sites is 1. The molecule has 2 heterocycles. The Kier molecular flexibility index (Phi) is 2.71. The summed E-state index contributed by atoms with van der Waals surface area (Å²) in [5.41, 5.74) is 2.31. The molecular weight excluding hydrogens is 268 g/mol. The average Bonchev–Trinajstić information content (AvgIpc) is 2.57. The lowest BCUT2D eigenvalue weighted by molar-refractivity contribution is 0.0688. The van der Waals surface area contributed by atoms with E-state index in [4.69, 9.17) is 16.3 Å². The first kappa shape index (κ1) is 12.0. The maximum atomic E-state index is 11.2. The highest BCUT2D eigenvalue weighted by molar-refractivity contribution is 6.32. The molecule has 1 aliphatic heterocycles. The average molecular weight is 279 g/mol. The van der Waals surface area contributed by atoms with E-state index < -0.39 is 5.97 Å². The van der Waals surface area contributed by atoms with Crippen molar-refractivity contribution in [2.45, 2.75) is 6.42 Å². The summed E-state index contributed by atoms with van der Waals surface area (Å²) in [6, 6.07) is 5.42. The molecule has 0 spiro atoms. The van der Waals surface area contributed by atoms with Crippen LogP contribution in [0.1, 0.15) is 16.1 Å². The van der Waals surface area contributed by atoms with Gasteiger partial charge in [-0.2, -0.15) is 5.10 Å². The Labute approximate surface area is 114 Å². The number of aromatic carboxylic acids is 1. The molecule has 0 saturated heterocycles. The number of hydrogen-bond acceptors (Lipinski definition) is 3. The van der Waals surface area contributed by atoms with Gasteiger partial charge in [0.1, 0.15) is 5.75 Å². The van der Waals surface area contributed by atoms with Crippen molar-refractivity contribution < 1.29 is 14.6 Å². The van der Waals surface area contributed by atoms with Crippen LogP contribution in [0.5, 0.6) is 5.75 Å². The van der Waals surface area contributed by atoms with Crippen molar-refractivity contribution in [1.82, 2.24) is 9.78 Å². The van der Waals surface area contributed by atoms with Crippen LogP contribution in [0, 0.1) is 0 Å². The van der Waals surface area contributed by atoms with Gasteiger partial charge in [0.05, 0.1) is 17.3 Å². The molecule has 2 aromatic rings. The first-order valence-corrected chi connectivity index (χ1v) is 6.18. The Morgan fingerprint density at radius 1 is 1.53 bits per heavy atom. The second-order valence-corrected chi connectivity index (χ2v) is 4.73. The van der Waals surface area contributed by atoms with E-state index in [9.17, 15) is 9.90 Å². The Balaban J connectivity index is 2.33. The van der Waals surface area contributed by atoms with E-state index in [1.807, 2.05) is 12.1 Å². The summed E-state index contributed by atoms with van der Waals surface area (Å²) in [7, 11) is 1.72. The molecule has 1 aromatic heterocycles. The zero-order valence-electron chi connectivity index (χ0n) is 10.2. The van der Waals surface area contributed by atoms with Crippen LogP contribution >= 0.6 is 11.6 Å². The summed E-state index contributed by atoms with van der Waals surface area (Å²) in [4.78, 5) is 11.2. The highest BCUT2D eigenvalue weighted by Gasteiger charge is 2.27. The lowest BCUT2D eigenvalue weighted by Gasteiger charge is -2.09. The maximum Gasteiger partial charge on any atom is 0.356 e. The van der Waals surface area contributed by atoms with Crippen LogP contribution in [0.3, 0.4) is 0 Å². The molecule has 5 nitrogen and oxygen atoms in total. The molecule has 6 heteroatoms. The number of aromatic nitrogens is 2. The minimum absolute atomic E-state index is 0.0777. The molecule has 0 bridgehead atoms. The number of rotatable bonds is 1. The van der Waals surface area contributed by atoms with Crippen molar-refractivity contribution in [1.29, 1.82) is 0 Å². The van der Waals surface area contributed by atoms with Crippen molar-refractivity contribution in [3.8, 4) is 17.0 Å². The molecule has 3 rings (SSSR count). The molecular formula is C13H11ClN2O3. The summed E-state index contributed by atoms with van der Waals surface area (Å²) in [6.07, 6.45) is 0.496. The standard InChI is InChI=1S/C13H11ClN2O3/c1-16-11-7(10(15-16)13(17)18)5-6-19-12-8(11)3-2-4-9(12)14/h2-4H,5-6H2,1H3,(H,17,18). The molecule has 0 fully saturated rings. The van der Waals surface area contributed by atoms with Gasteiger partial charge in [-0.3, -0.25) is 4.68 Å². The molecule has 1 N–H and O–H groups in total. The van der Waals surface area contributed by atoms with E-state index in [-0.39, 0.29) is 5.69 Å². The first-order chi connectivity index (χ1) is 9.09. The van der Waals surface area contributed by atoms with Crippen LogP contribution in [-0.4, -0.2) is 27.5 Å². The minimum Gasteiger partial charge on any atom is -0.491 e. The van der Waals surface area contributed by atoms with Gasteiger partial charge in [-0.25, -0.2) is 4.79 Å². The number of fused-ring (bicyclic) bond motifs is 3. The Morgan fingerprint density at radius 3 is 3.05 bits per heavy atom. The quantitative estimate of drug-likeness (QED) is 0.870. The van der Waals surface area contributed by atoms with E-state index in [0.717, 1.165) is 11.3 Å². The Hall–Kier alpha value is -2.01. The normalized spacial score (nSPS) is 13.2. The molecule has 0 unspecified atom stereocenters. The van der Waals surface area contributed by atoms with Crippen molar-refractivity contribution >= 4 is 17.6 Å². The van der Waals surface area contributed by atoms with Gasteiger partial charge < -0.3 is 9.84 Å². The molecule has 0 radical (unpaired) electrons. The summed E-state index contributed by atoms with van der Waals surface area (Å²) in [5.74, 6) is -0.440. The first-order valence-electron chi connectivity index (χ1n) is 5.80. The van der Waals surface area contributed by atoms with Gasteiger partial charge in [-0.1, -0.05) is 17.7 Å². The van der Waals surface area contributed by atoms with Gasteiger partial charge in [-0.15, -0.1) is 0 Å². The maximum absolute atomic E-state index is 11.2. The van der Waals surface area contributed by atoms with Crippen LogP contribution in [0.25, 0.3) is 11.3 Å². The van der Waals surface area contributed by atoms with Gasteiger partial charge >= 0.3 is 5.97 Å². The van der Waals surface area contributed by atoms with Crippen molar-refractivity contribution in [2.75, 3.05) is 6.61 Å². The topological polar surface area (TPSA) is 64.4 Å². The number of benzene rings is 1. The molecule has 0 atom stereocenters. The summed E-state index contributed by atoms with van der Waals surface area (Å²) in [5, 5.41) is 13.8. The highest BCUT2D eigenvalue weighted by atomic mass is 35.5. The third-order valence-corrected chi connectivity index (χ3v) is 3.47. The predicted octanol–water partition coefficient (Wildman–Crippen LogP) is 2.37. The fraction of sp³-hybridized carbons (Fsp3) is 0.231. The number of halogens is 1. The van der Waals surface area contributed by atoms with E-state index in [1.165, 1.54) is 0 Å². The van der Waals surface area contributed by atoms with Gasteiger partial charge in [0.25, 0.3) is 0 Å². The summed E-state index contributed by atoms with van der Waals surface area (Å²) < 4.78 is 7.22. The number of nitrogens with zero attached hydrogens (tertiary/aromatic N) is 2. The second kappa shape index (κ2) is 4.28. The molecule has 98 valence electrons. The third kappa shape index (κ3) is 1.77. The molecule has 0 aliphatic carbocycles.